The van der Waals surface area contributed by atoms with Crippen molar-refractivity contribution in [3.63, 3.8) is 0 Å². The average Bonchev–Trinajstić information content (AvgIpc) is 3.16. The van der Waals surface area contributed by atoms with Crippen LogP contribution in [0.4, 0.5) is 5.13 Å². The van der Waals surface area contributed by atoms with E-state index in [-0.39, 0.29) is 12.0 Å². The molecule has 1 heterocycles. The highest BCUT2D eigenvalue weighted by molar-refractivity contribution is 7.22. The predicted molar refractivity (Wildman–Crippen MR) is 128 cm³/mol. The standard InChI is InChI=1S/C24H31N3O3S/c1-6-29-20-9-7-10-21-22(20)25-24(31-21)27(16-8-15-26(4)5)23(28)18-11-13-19(14-12-18)30-17(2)3/h7,9-14,17H,6,8,15-16H2,1-5H3. The maximum absolute atomic E-state index is 13.4. The van der Waals surface area contributed by atoms with Crippen LogP contribution in [-0.2, 0) is 0 Å². The molecule has 0 spiro atoms. The van der Waals surface area contributed by atoms with Crippen LogP contribution < -0.4 is 14.4 Å². The number of nitrogens with zero attached hydrogens (tertiary/aromatic N) is 3. The van der Waals surface area contributed by atoms with Crippen LogP contribution in [-0.4, -0.2) is 55.7 Å². The fourth-order valence-electron chi connectivity index (χ4n) is 3.23. The molecule has 31 heavy (non-hydrogen) atoms. The summed E-state index contributed by atoms with van der Waals surface area (Å²) in [5, 5.41) is 0.688. The van der Waals surface area contributed by atoms with Gasteiger partial charge in [-0.1, -0.05) is 17.4 Å². The van der Waals surface area contributed by atoms with Crippen molar-refractivity contribution in [2.24, 2.45) is 0 Å². The molecule has 0 unspecified atom stereocenters. The van der Waals surface area contributed by atoms with Crippen LogP contribution >= 0.6 is 11.3 Å². The minimum atomic E-state index is -0.0631. The normalized spacial score (nSPS) is 11.3. The lowest BCUT2D eigenvalue weighted by molar-refractivity contribution is 0.0986. The van der Waals surface area contributed by atoms with Gasteiger partial charge in [0, 0.05) is 12.1 Å². The number of thiazole rings is 1. The second-order valence-corrected chi connectivity index (χ2v) is 8.85. The first-order valence-electron chi connectivity index (χ1n) is 10.6. The highest BCUT2D eigenvalue weighted by Gasteiger charge is 2.22. The van der Waals surface area contributed by atoms with E-state index < -0.39 is 0 Å². The van der Waals surface area contributed by atoms with Gasteiger partial charge in [0.15, 0.2) is 5.13 Å². The first-order valence-corrected chi connectivity index (χ1v) is 11.5. The van der Waals surface area contributed by atoms with Crippen molar-refractivity contribution in [1.29, 1.82) is 0 Å². The van der Waals surface area contributed by atoms with Crippen LogP contribution in [0.2, 0.25) is 0 Å². The summed E-state index contributed by atoms with van der Waals surface area (Å²) >= 11 is 1.51. The highest BCUT2D eigenvalue weighted by Crippen LogP contribution is 2.35. The second-order valence-electron chi connectivity index (χ2n) is 7.84. The number of para-hydroxylation sites is 1. The van der Waals surface area contributed by atoms with Crippen molar-refractivity contribution in [3.05, 3.63) is 48.0 Å². The molecule has 0 fully saturated rings. The SMILES string of the molecule is CCOc1cccc2sc(N(CCCN(C)C)C(=O)c3ccc(OC(C)C)cc3)nc12. The van der Waals surface area contributed by atoms with Gasteiger partial charge in [-0.25, -0.2) is 4.98 Å². The van der Waals surface area contributed by atoms with E-state index in [0.29, 0.717) is 23.8 Å². The zero-order chi connectivity index (χ0) is 22.4. The number of carbonyl (C=O) groups excluding carboxylic acids is 1. The van der Waals surface area contributed by atoms with Gasteiger partial charge in [-0.2, -0.15) is 0 Å². The summed E-state index contributed by atoms with van der Waals surface area (Å²) in [6.07, 6.45) is 0.938. The van der Waals surface area contributed by atoms with Gasteiger partial charge in [-0.05, 0) is 84.2 Å². The van der Waals surface area contributed by atoms with E-state index in [1.54, 1.807) is 4.90 Å². The van der Waals surface area contributed by atoms with Crippen LogP contribution in [0.1, 0.15) is 37.6 Å². The van der Waals surface area contributed by atoms with Crippen LogP contribution in [0.5, 0.6) is 11.5 Å². The summed E-state index contributed by atoms with van der Waals surface area (Å²) in [6.45, 7) is 7.97. The number of aromatic nitrogens is 1. The molecular weight excluding hydrogens is 410 g/mol. The molecule has 0 saturated carbocycles. The molecule has 0 saturated heterocycles. The van der Waals surface area contributed by atoms with Crippen LogP contribution in [0.25, 0.3) is 10.2 Å². The van der Waals surface area contributed by atoms with Gasteiger partial charge in [0.2, 0.25) is 0 Å². The molecule has 1 amide bonds. The molecule has 0 N–H and O–H groups in total. The maximum Gasteiger partial charge on any atom is 0.260 e. The quantitative estimate of drug-likeness (QED) is 0.439. The summed E-state index contributed by atoms with van der Waals surface area (Å²) in [7, 11) is 4.07. The Morgan fingerprint density at radius 2 is 1.84 bits per heavy atom. The fraction of sp³-hybridized carbons (Fsp3) is 0.417. The van der Waals surface area contributed by atoms with Gasteiger partial charge in [-0.15, -0.1) is 0 Å². The van der Waals surface area contributed by atoms with Gasteiger partial charge >= 0.3 is 0 Å². The molecule has 1 aromatic heterocycles. The third-order valence-electron chi connectivity index (χ3n) is 4.61. The lowest BCUT2D eigenvalue weighted by Crippen LogP contribution is -2.33. The van der Waals surface area contributed by atoms with Gasteiger partial charge in [-0.3, -0.25) is 9.69 Å². The van der Waals surface area contributed by atoms with Crippen LogP contribution in [0.3, 0.4) is 0 Å². The monoisotopic (exact) mass is 441 g/mol. The molecule has 7 heteroatoms. The molecular formula is C24H31N3O3S. The molecule has 3 rings (SSSR count). The second kappa shape index (κ2) is 10.6. The predicted octanol–water partition coefficient (Wildman–Crippen LogP) is 5.08. The minimum Gasteiger partial charge on any atom is -0.492 e. The van der Waals surface area contributed by atoms with Crippen molar-refractivity contribution < 1.29 is 14.3 Å². The number of amides is 1. The Morgan fingerprint density at radius 1 is 1.10 bits per heavy atom. The molecule has 0 bridgehead atoms. The Bertz CT molecular complexity index is 999. The fourth-order valence-corrected chi connectivity index (χ4v) is 4.24. The Balaban J connectivity index is 1.91. The van der Waals surface area contributed by atoms with Crippen molar-refractivity contribution in [2.75, 3.05) is 38.7 Å². The Kier molecular flexibility index (Phi) is 7.87. The molecule has 2 aromatic carbocycles. The molecule has 0 aliphatic heterocycles. The number of benzene rings is 2. The van der Waals surface area contributed by atoms with Crippen LogP contribution in [0, 0.1) is 0 Å². The summed E-state index contributed by atoms with van der Waals surface area (Å²) in [5.41, 5.74) is 1.42. The van der Waals surface area contributed by atoms with E-state index in [1.807, 2.05) is 77.3 Å². The van der Waals surface area contributed by atoms with E-state index in [0.717, 1.165) is 34.7 Å². The lowest BCUT2D eigenvalue weighted by Gasteiger charge is -2.21. The minimum absolute atomic E-state index is 0.0631. The van der Waals surface area contributed by atoms with Gasteiger partial charge in [0.05, 0.1) is 17.4 Å². The van der Waals surface area contributed by atoms with Crippen molar-refractivity contribution in [2.45, 2.75) is 33.3 Å². The van der Waals surface area contributed by atoms with Gasteiger partial charge < -0.3 is 14.4 Å². The summed E-state index contributed by atoms with van der Waals surface area (Å²) < 4.78 is 12.4. The smallest absolute Gasteiger partial charge is 0.260 e. The van der Waals surface area contributed by atoms with Crippen molar-refractivity contribution >= 4 is 32.6 Å². The maximum atomic E-state index is 13.4. The van der Waals surface area contributed by atoms with E-state index in [4.69, 9.17) is 14.5 Å². The third-order valence-corrected chi connectivity index (χ3v) is 5.65. The molecule has 0 atom stereocenters. The molecule has 0 aliphatic rings. The highest BCUT2D eigenvalue weighted by atomic mass is 32.1. The number of fused-ring (bicyclic) bond motifs is 1. The van der Waals surface area contributed by atoms with E-state index in [9.17, 15) is 4.79 Å². The van der Waals surface area contributed by atoms with E-state index in [2.05, 4.69) is 4.90 Å². The lowest BCUT2D eigenvalue weighted by atomic mass is 10.2. The zero-order valence-corrected chi connectivity index (χ0v) is 19.7. The van der Waals surface area contributed by atoms with E-state index in [1.165, 1.54) is 11.3 Å². The largest absolute Gasteiger partial charge is 0.492 e. The number of anilines is 1. The first-order chi connectivity index (χ1) is 14.9. The number of ether oxygens (including phenoxy) is 2. The number of hydrogen-bond donors (Lipinski definition) is 0. The van der Waals surface area contributed by atoms with Crippen LogP contribution in [0.15, 0.2) is 42.5 Å². The Hall–Kier alpha value is -2.64. The first kappa shape index (κ1) is 23.0. The zero-order valence-electron chi connectivity index (χ0n) is 18.9. The number of carbonyl (C=O) groups is 1. The molecule has 6 nitrogen and oxygen atoms in total. The van der Waals surface area contributed by atoms with Crippen molar-refractivity contribution in [1.82, 2.24) is 9.88 Å². The van der Waals surface area contributed by atoms with Gasteiger partial charge in [0.1, 0.15) is 17.0 Å². The Labute approximate surface area is 188 Å². The number of hydrogen-bond acceptors (Lipinski definition) is 6. The molecule has 0 radical (unpaired) electrons. The van der Waals surface area contributed by atoms with Gasteiger partial charge in [0.25, 0.3) is 5.91 Å². The molecule has 0 aliphatic carbocycles. The average molecular weight is 442 g/mol. The summed E-state index contributed by atoms with van der Waals surface area (Å²) in [6, 6.07) is 13.2. The summed E-state index contributed by atoms with van der Waals surface area (Å²) in [5.74, 6) is 1.44. The third kappa shape index (κ3) is 5.95. The topological polar surface area (TPSA) is 54.9 Å². The molecule has 3 aromatic rings. The van der Waals surface area contributed by atoms with Crippen molar-refractivity contribution in [3.8, 4) is 11.5 Å². The number of rotatable bonds is 10. The Morgan fingerprint density at radius 3 is 2.48 bits per heavy atom. The van der Waals surface area contributed by atoms with E-state index >= 15 is 0 Å². The molecule has 166 valence electrons. The summed E-state index contributed by atoms with van der Waals surface area (Å²) in [4.78, 5) is 22.1.